The zero-order valence-corrected chi connectivity index (χ0v) is 15.3. The van der Waals surface area contributed by atoms with Gasteiger partial charge in [-0.25, -0.2) is 13.2 Å². The number of amides is 2. The Kier molecular flexibility index (Phi) is 5.63. The molecule has 150 valence electrons. The van der Waals surface area contributed by atoms with Crippen LogP contribution in [0.2, 0.25) is 0 Å². The van der Waals surface area contributed by atoms with Crippen LogP contribution in [0.5, 0.6) is 0 Å². The van der Waals surface area contributed by atoms with Crippen LogP contribution < -0.4 is 0 Å². The molecule has 0 N–H and O–H groups in total. The highest BCUT2D eigenvalue weighted by Crippen LogP contribution is 2.30. The molecule has 0 spiro atoms. The van der Waals surface area contributed by atoms with Crippen molar-refractivity contribution in [2.45, 2.75) is 11.1 Å². The number of nitrogens with zero attached hydrogens (tertiary/aromatic N) is 3. The fourth-order valence-electron chi connectivity index (χ4n) is 3.04. The minimum Gasteiger partial charge on any atom is -0.378 e. The summed E-state index contributed by atoms with van der Waals surface area (Å²) in [5.41, 5.74) is -0.901. The summed E-state index contributed by atoms with van der Waals surface area (Å²) in [6.07, 6.45) is -4.52. The SMILES string of the molecule is O=C(N1CCOCC1)N1CCN(S(=O)(=O)c2ccc(C(F)(F)F)cc2)CC1. The third-order valence-electron chi connectivity index (χ3n) is 4.61. The zero-order chi connectivity index (χ0) is 19.7. The van der Waals surface area contributed by atoms with Crippen molar-refractivity contribution in [1.29, 1.82) is 0 Å². The highest BCUT2D eigenvalue weighted by molar-refractivity contribution is 7.89. The summed E-state index contributed by atoms with van der Waals surface area (Å²) in [5.74, 6) is 0. The van der Waals surface area contributed by atoms with Gasteiger partial charge in [-0.2, -0.15) is 17.5 Å². The van der Waals surface area contributed by atoms with Crippen LogP contribution in [0.3, 0.4) is 0 Å². The minimum atomic E-state index is -4.52. The van der Waals surface area contributed by atoms with Gasteiger partial charge in [0.05, 0.1) is 23.7 Å². The van der Waals surface area contributed by atoms with Crippen molar-refractivity contribution in [3.63, 3.8) is 0 Å². The van der Waals surface area contributed by atoms with E-state index in [1.165, 1.54) is 4.31 Å². The summed E-state index contributed by atoms with van der Waals surface area (Å²) in [4.78, 5) is 15.5. The van der Waals surface area contributed by atoms with Crippen molar-refractivity contribution in [1.82, 2.24) is 14.1 Å². The van der Waals surface area contributed by atoms with Gasteiger partial charge in [-0.3, -0.25) is 0 Å². The Morgan fingerprint density at radius 1 is 0.889 bits per heavy atom. The monoisotopic (exact) mass is 407 g/mol. The van der Waals surface area contributed by atoms with Crippen LogP contribution in [0.1, 0.15) is 5.56 Å². The lowest BCUT2D eigenvalue weighted by molar-refractivity contribution is -0.137. The molecule has 3 rings (SSSR count). The molecule has 1 aromatic carbocycles. The number of urea groups is 1. The van der Waals surface area contributed by atoms with Gasteiger partial charge in [0.2, 0.25) is 10.0 Å². The van der Waals surface area contributed by atoms with Crippen LogP contribution in [0.15, 0.2) is 29.2 Å². The molecule has 0 saturated carbocycles. The van der Waals surface area contributed by atoms with Crippen molar-refractivity contribution in [2.24, 2.45) is 0 Å². The molecular formula is C16H20F3N3O4S. The number of halogens is 3. The van der Waals surface area contributed by atoms with Crippen molar-refractivity contribution >= 4 is 16.1 Å². The Morgan fingerprint density at radius 2 is 1.41 bits per heavy atom. The van der Waals surface area contributed by atoms with Gasteiger partial charge < -0.3 is 14.5 Å². The molecule has 7 nitrogen and oxygen atoms in total. The van der Waals surface area contributed by atoms with Gasteiger partial charge in [0.1, 0.15) is 0 Å². The number of ether oxygens (including phenoxy) is 1. The topological polar surface area (TPSA) is 70.2 Å². The molecule has 0 aliphatic carbocycles. The van der Waals surface area contributed by atoms with Gasteiger partial charge in [0, 0.05) is 39.3 Å². The minimum absolute atomic E-state index is 0.0967. The number of carbonyl (C=O) groups excluding carboxylic acids is 1. The van der Waals surface area contributed by atoms with E-state index in [1.54, 1.807) is 9.80 Å². The number of benzene rings is 1. The third-order valence-corrected chi connectivity index (χ3v) is 6.52. The van der Waals surface area contributed by atoms with Crippen LogP contribution in [0.4, 0.5) is 18.0 Å². The number of carbonyl (C=O) groups is 1. The summed E-state index contributed by atoms with van der Waals surface area (Å²) in [6, 6.07) is 3.29. The number of morpholine rings is 1. The van der Waals surface area contributed by atoms with Gasteiger partial charge >= 0.3 is 12.2 Å². The van der Waals surface area contributed by atoms with Crippen molar-refractivity contribution in [3.8, 4) is 0 Å². The van der Waals surface area contributed by atoms with Crippen LogP contribution in [-0.2, 0) is 20.9 Å². The smallest absolute Gasteiger partial charge is 0.378 e. The number of hydrogen-bond donors (Lipinski definition) is 0. The molecule has 2 aliphatic heterocycles. The summed E-state index contributed by atoms with van der Waals surface area (Å²) in [5, 5.41) is 0. The standard InChI is InChI=1S/C16H20F3N3O4S/c17-16(18,19)13-1-3-14(4-2-13)27(24,25)22-7-5-20(6-8-22)15(23)21-9-11-26-12-10-21/h1-4H,5-12H2. The molecule has 2 heterocycles. The molecule has 2 fully saturated rings. The lowest BCUT2D eigenvalue weighted by atomic mass is 10.2. The summed E-state index contributed by atoms with van der Waals surface area (Å²) < 4.78 is 69.6. The maximum Gasteiger partial charge on any atom is 0.416 e. The summed E-state index contributed by atoms with van der Waals surface area (Å²) in [6.45, 7) is 2.62. The molecule has 0 bridgehead atoms. The normalized spacial score (nSPS) is 20.0. The Morgan fingerprint density at radius 3 is 1.93 bits per heavy atom. The Labute approximate surface area is 155 Å². The van der Waals surface area contributed by atoms with E-state index in [1.807, 2.05) is 0 Å². The van der Waals surface area contributed by atoms with Crippen LogP contribution in [-0.4, -0.2) is 81.0 Å². The van der Waals surface area contributed by atoms with Gasteiger partial charge in [-0.05, 0) is 24.3 Å². The highest BCUT2D eigenvalue weighted by atomic mass is 32.2. The van der Waals surface area contributed by atoms with Crippen LogP contribution >= 0.6 is 0 Å². The Balaban J connectivity index is 1.63. The molecule has 2 amide bonds. The van der Waals surface area contributed by atoms with E-state index in [9.17, 15) is 26.4 Å². The second-order valence-electron chi connectivity index (χ2n) is 6.30. The quantitative estimate of drug-likeness (QED) is 0.745. The second kappa shape index (κ2) is 7.64. The number of piperazine rings is 1. The molecule has 0 unspecified atom stereocenters. The first-order valence-electron chi connectivity index (χ1n) is 8.48. The first kappa shape index (κ1) is 19.9. The molecular weight excluding hydrogens is 387 g/mol. The highest BCUT2D eigenvalue weighted by Gasteiger charge is 2.34. The van der Waals surface area contributed by atoms with E-state index in [0.29, 0.717) is 26.3 Å². The van der Waals surface area contributed by atoms with Crippen LogP contribution in [0, 0.1) is 0 Å². The number of alkyl halides is 3. The van der Waals surface area contributed by atoms with Crippen LogP contribution in [0.25, 0.3) is 0 Å². The first-order chi connectivity index (χ1) is 12.7. The molecule has 2 aliphatic rings. The lowest BCUT2D eigenvalue weighted by Gasteiger charge is -2.38. The van der Waals surface area contributed by atoms with Gasteiger partial charge in [-0.1, -0.05) is 0 Å². The molecule has 0 aromatic heterocycles. The van der Waals surface area contributed by atoms with E-state index in [4.69, 9.17) is 4.74 Å². The van der Waals surface area contributed by atoms with E-state index in [-0.39, 0.29) is 37.1 Å². The maximum atomic E-state index is 12.6. The Hall–Kier alpha value is -1.85. The molecule has 11 heteroatoms. The summed E-state index contributed by atoms with van der Waals surface area (Å²) in [7, 11) is -3.90. The van der Waals surface area contributed by atoms with Gasteiger partial charge in [0.15, 0.2) is 0 Å². The molecule has 0 atom stereocenters. The molecule has 27 heavy (non-hydrogen) atoms. The van der Waals surface area contributed by atoms with E-state index in [0.717, 1.165) is 24.3 Å². The lowest BCUT2D eigenvalue weighted by Crippen LogP contribution is -2.55. The second-order valence-corrected chi connectivity index (χ2v) is 8.23. The van der Waals surface area contributed by atoms with E-state index < -0.39 is 21.8 Å². The van der Waals surface area contributed by atoms with Gasteiger partial charge in [0.25, 0.3) is 0 Å². The molecule has 2 saturated heterocycles. The third kappa shape index (κ3) is 4.36. The first-order valence-corrected chi connectivity index (χ1v) is 9.92. The number of hydrogen-bond acceptors (Lipinski definition) is 4. The zero-order valence-electron chi connectivity index (χ0n) is 14.5. The fourth-order valence-corrected chi connectivity index (χ4v) is 4.46. The summed E-state index contributed by atoms with van der Waals surface area (Å²) >= 11 is 0. The maximum absolute atomic E-state index is 12.6. The largest absolute Gasteiger partial charge is 0.416 e. The predicted octanol–water partition coefficient (Wildman–Crippen LogP) is 1.46. The fraction of sp³-hybridized carbons (Fsp3) is 0.562. The molecule has 0 radical (unpaired) electrons. The van der Waals surface area contributed by atoms with Gasteiger partial charge in [-0.15, -0.1) is 0 Å². The Bertz CT molecular complexity index is 769. The molecule has 1 aromatic rings. The van der Waals surface area contributed by atoms with Crippen molar-refractivity contribution in [2.75, 3.05) is 52.5 Å². The van der Waals surface area contributed by atoms with E-state index in [2.05, 4.69) is 0 Å². The van der Waals surface area contributed by atoms with Crippen molar-refractivity contribution < 1.29 is 31.1 Å². The van der Waals surface area contributed by atoms with E-state index >= 15 is 0 Å². The van der Waals surface area contributed by atoms with Crippen molar-refractivity contribution in [3.05, 3.63) is 29.8 Å². The number of sulfonamides is 1. The average Bonchev–Trinajstić information content (AvgIpc) is 2.67. The average molecular weight is 407 g/mol. The number of rotatable bonds is 2. The predicted molar refractivity (Wildman–Crippen MR) is 89.6 cm³/mol.